The Bertz CT molecular complexity index is 4430. The molecule has 6 aromatic carbocycles. The molecule has 26 heteroatoms. The number of sulfonamides is 4. The van der Waals surface area contributed by atoms with Crippen LogP contribution in [0.3, 0.4) is 0 Å². The Labute approximate surface area is 730 Å². The Morgan fingerprint density at radius 3 is 0.517 bits per heavy atom. The van der Waals surface area contributed by atoms with Gasteiger partial charge in [0.05, 0.1) is 43.7 Å². The molecule has 0 unspecified atom stereocenters. The number of carboxylic acid groups (broad SMARTS) is 4. The number of hydrogen-bond donors (Lipinski definition) is 4. The van der Waals surface area contributed by atoms with E-state index in [9.17, 15) is 39.6 Å². The van der Waals surface area contributed by atoms with Crippen molar-refractivity contribution in [2.75, 3.05) is 0 Å². The third kappa shape index (κ3) is 19.7. The van der Waals surface area contributed by atoms with Crippen LogP contribution >= 0.6 is 0 Å². The first kappa shape index (κ1) is 99.2. The molecule has 0 aliphatic carbocycles. The maximum absolute atomic E-state index is 15.2. The van der Waals surface area contributed by atoms with Crippen LogP contribution in [-0.4, -0.2) is 119 Å². The van der Waals surface area contributed by atoms with E-state index >= 15 is 33.7 Å². The maximum atomic E-state index is 15.2. The van der Waals surface area contributed by atoms with Crippen LogP contribution in [0.25, 0.3) is 0 Å². The van der Waals surface area contributed by atoms with Crippen LogP contribution in [0.2, 0.25) is 0 Å². The van der Waals surface area contributed by atoms with Crippen molar-refractivity contribution in [3.05, 3.63) is 186 Å². The summed E-state index contributed by atoms with van der Waals surface area (Å²) in [7, 11) is -17.7. The van der Waals surface area contributed by atoms with Crippen molar-refractivity contribution in [3.8, 4) is 0 Å². The summed E-state index contributed by atoms with van der Waals surface area (Å²) in [5.74, 6) is -5.69. The zero-order valence-corrected chi connectivity index (χ0v) is 79.8. The zero-order chi connectivity index (χ0) is 86.7. The van der Waals surface area contributed by atoms with Crippen LogP contribution in [-0.2, 0) is 98.2 Å². The summed E-state index contributed by atoms with van der Waals surface area (Å²) in [5, 5.41) is 42.0. The first-order valence-corrected chi connectivity index (χ1v) is 47.6. The Kier molecular flexibility index (Phi) is 32.7. The van der Waals surface area contributed by atoms with E-state index in [1.807, 2.05) is 159 Å². The minimum atomic E-state index is -4.41. The molecule has 4 heterocycles. The second kappa shape index (κ2) is 38.9. The Morgan fingerprint density at radius 1 is 0.254 bits per heavy atom. The van der Waals surface area contributed by atoms with E-state index in [4.69, 9.17) is 0 Å². The number of nitrogens with zero attached hydrogens (tertiary/aromatic N) is 4. The van der Waals surface area contributed by atoms with Crippen LogP contribution < -0.4 is 0 Å². The molecular weight excluding hydrogens is 1750 g/mol. The van der Waals surface area contributed by atoms with E-state index in [0.717, 1.165) is 22.3 Å². The van der Waals surface area contributed by atoms with Crippen LogP contribution in [0.5, 0.6) is 0 Å². The standard InChI is InChI=1S/2C46H64N2O8S2.2Rh/c2*1-25(2)33-21-35(27(5)6)43(36(22-33)28(7)8)57(53,54)47-39(16-18-41(47)45(49)50)31-14-13-15-32(20-31)40-17-19-42(46(51)52)48(40)58(55,56)44-37(29(9)10)23-34(26(3)4)24-38(44)30(11)12;;/h2*13-15,20-30,39-42H,16-19H2,1-12H3,(H,49,50)(H,51,52);;/t2*39-,40-,41+,42+;;/m00../s1. The third-order valence-electron chi connectivity index (χ3n) is 24.3. The van der Waals surface area contributed by atoms with Gasteiger partial charge in [-0.15, -0.1) is 0 Å². The fourth-order valence-corrected chi connectivity index (χ4v) is 27.7. The normalized spacial score (nSPS) is 20.8. The van der Waals surface area contributed by atoms with Crippen molar-refractivity contribution < 1.29 is 112 Å². The Hall–Kier alpha value is -5.91. The first-order chi connectivity index (χ1) is 53.8. The minimum Gasteiger partial charge on any atom is -0.480 e. The maximum Gasteiger partial charge on any atom is 0.322 e. The second-order valence-corrected chi connectivity index (χ2v) is 43.6. The molecule has 4 fully saturated rings. The van der Waals surface area contributed by atoms with Crippen molar-refractivity contribution in [1.29, 1.82) is 0 Å². The van der Waals surface area contributed by atoms with Gasteiger partial charge < -0.3 is 20.4 Å². The van der Waals surface area contributed by atoms with Gasteiger partial charge in [0.2, 0.25) is 40.1 Å². The SMILES string of the molecule is CC(C)c1cc(C(C)C)c(S(=O)(=O)N2[C@@H](C(=O)O)CC[C@H]2c2cccc([C@@H]3CC[C@H](C(=O)O)N3S(=O)(=O)c3c(C(C)C)cc(C(C)C)cc3C(C)C)c2)c(C(C)C)c1.CC(C)c1cc(C(C)C)c(S(=O)(=O)N2[C@@H](C(=O)O)CC[C@H]2c2cccc([C@@H]3CC[C@H](C(=O)O)N3S(=O)(=O)c3c(C(C)C)cc(C(C)C)cc3C(C)C)c2)c(C(C)C)c1.[Rh].[Rh]. The summed E-state index contributed by atoms with van der Waals surface area (Å²) in [5.41, 5.74) is 11.3. The van der Waals surface area contributed by atoms with E-state index in [-0.39, 0.29) is 181 Å². The predicted octanol–water partition coefficient (Wildman–Crippen LogP) is 20.8. The Morgan fingerprint density at radius 2 is 0.398 bits per heavy atom. The van der Waals surface area contributed by atoms with Gasteiger partial charge >= 0.3 is 23.9 Å². The van der Waals surface area contributed by atoms with Gasteiger partial charge in [0, 0.05) is 39.0 Å². The summed E-state index contributed by atoms with van der Waals surface area (Å²) in [4.78, 5) is 52.2. The molecular formula is C92H128N4O16Rh2S4. The van der Waals surface area contributed by atoms with Gasteiger partial charge in [0.25, 0.3) is 0 Å². The number of rotatable bonds is 28. The van der Waals surface area contributed by atoms with E-state index in [0.29, 0.717) is 66.8 Å². The molecule has 654 valence electrons. The number of hydrogen-bond acceptors (Lipinski definition) is 12. The molecule has 4 saturated heterocycles. The summed E-state index contributed by atoms with van der Waals surface area (Å²) in [6.45, 7) is 47.6. The smallest absolute Gasteiger partial charge is 0.322 e. The molecule has 118 heavy (non-hydrogen) atoms. The first-order valence-electron chi connectivity index (χ1n) is 41.8. The van der Waals surface area contributed by atoms with Gasteiger partial charge in [0.1, 0.15) is 24.2 Å². The van der Waals surface area contributed by atoms with Gasteiger partial charge in [-0.2, -0.15) is 17.2 Å². The van der Waals surface area contributed by atoms with E-state index in [2.05, 4.69) is 55.4 Å². The monoisotopic (exact) mass is 1880 g/mol. The average molecular weight is 1880 g/mol. The molecule has 10 rings (SSSR count). The van der Waals surface area contributed by atoms with Gasteiger partial charge in [-0.05, 0) is 211 Å². The predicted molar refractivity (Wildman–Crippen MR) is 457 cm³/mol. The van der Waals surface area contributed by atoms with Crippen LogP contribution in [0, 0.1) is 0 Å². The second-order valence-electron chi connectivity index (χ2n) is 36.4. The molecule has 6 aromatic rings. The number of benzene rings is 6. The summed E-state index contributed by atoms with van der Waals surface area (Å²) in [6, 6.07) is 20.8. The molecule has 4 N–H and O–H groups in total. The van der Waals surface area contributed by atoms with Gasteiger partial charge in [-0.25, -0.2) is 33.7 Å². The van der Waals surface area contributed by atoms with Gasteiger partial charge in [-0.1, -0.05) is 263 Å². The van der Waals surface area contributed by atoms with Crippen molar-refractivity contribution in [1.82, 2.24) is 17.2 Å². The fourth-order valence-electron chi connectivity index (χ4n) is 17.8. The van der Waals surface area contributed by atoms with Gasteiger partial charge in [0.15, 0.2) is 0 Å². The molecule has 0 saturated carbocycles. The van der Waals surface area contributed by atoms with Crippen molar-refractivity contribution in [2.24, 2.45) is 0 Å². The van der Waals surface area contributed by atoms with Crippen molar-refractivity contribution in [2.45, 2.75) is 356 Å². The summed E-state index contributed by atoms with van der Waals surface area (Å²) < 4.78 is 126. The topological polar surface area (TPSA) is 299 Å². The molecule has 0 aromatic heterocycles. The average Bonchev–Trinajstić information content (AvgIpc) is 1.40. The van der Waals surface area contributed by atoms with E-state index < -0.39 is 112 Å². The third-order valence-corrected chi connectivity index (χ3v) is 32.5. The largest absolute Gasteiger partial charge is 0.480 e. The molecule has 20 nitrogen and oxygen atoms in total. The van der Waals surface area contributed by atoms with Crippen LogP contribution in [0.15, 0.2) is 117 Å². The molecule has 0 amide bonds. The summed E-state index contributed by atoms with van der Waals surface area (Å²) in [6.07, 6.45) is 1.31. The van der Waals surface area contributed by atoms with Gasteiger partial charge in [-0.3, -0.25) is 19.2 Å². The molecule has 4 aliphatic rings. The van der Waals surface area contributed by atoms with E-state index in [1.54, 1.807) is 48.5 Å². The fraction of sp³-hybridized carbons (Fsp3) is 0.565. The minimum absolute atomic E-state index is 0. The molecule has 2 radical (unpaired) electrons. The summed E-state index contributed by atoms with van der Waals surface area (Å²) >= 11 is 0. The van der Waals surface area contributed by atoms with Crippen LogP contribution in [0.1, 0.15) is 402 Å². The number of aliphatic carboxylic acids is 4. The quantitative estimate of drug-likeness (QED) is 0.0332. The van der Waals surface area contributed by atoms with Crippen molar-refractivity contribution in [3.63, 3.8) is 0 Å². The van der Waals surface area contributed by atoms with Crippen LogP contribution in [0.4, 0.5) is 0 Å². The van der Waals surface area contributed by atoms with E-state index in [1.165, 1.54) is 17.2 Å². The Balaban J connectivity index is 0.000000320. The number of carboxylic acids is 4. The zero-order valence-electron chi connectivity index (χ0n) is 73.2. The molecule has 0 bridgehead atoms. The number of carbonyl (C=O) groups is 4. The van der Waals surface area contributed by atoms with Crippen molar-refractivity contribution >= 4 is 64.0 Å². The molecule has 0 spiro atoms. The molecule has 8 atom stereocenters. The molecule has 4 aliphatic heterocycles.